The first-order chi connectivity index (χ1) is 8.08. The summed E-state index contributed by atoms with van der Waals surface area (Å²) in [6.07, 6.45) is -0.442. The molecule has 2 rings (SSSR count). The van der Waals surface area contributed by atoms with E-state index in [2.05, 4.69) is 31.9 Å². The van der Waals surface area contributed by atoms with Crippen LogP contribution in [0, 0.1) is 0 Å². The monoisotopic (exact) mass is 402 g/mol. The molecule has 0 spiro atoms. The number of hydrogen-bond acceptors (Lipinski definition) is 2. The molecule has 1 aromatic carbocycles. The van der Waals surface area contributed by atoms with Gasteiger partial charge in [0, 0.05) is 10.6 Å². The van der Waals surface area contributed by atoms with E-state index in [4.69, 9.17) is 32.7 Å². The second-order valence-electron chi connectivity index (χ2n) is 3.70. The standard InChI is InChI=1S/C11H10Br2Cl2O2/c12-8-4-16-11(17-5-9(8)13)7-2-1-6(14)3-10(7)15/h1-3,8-9,11H,4-5H2. The fourth-order valence-corrected chi connectivity index (χ4v) is 2.60. The Hall–Kier alpha value is 0.680. The SMILES string of the molecule is Clc1ccc(C2OCC(Br)C(Br)CO2)c(Cl)c1. The molecule has 1 saturated heterocycles. The molecule has 1 fully saturated rings. The molecule has 0 saturated carbocycles. The minimum Gasteiger partial charge on any atom is -0.347 e. The molecule has 0 bridgehead atoms. The van der Waals surface area contributed by atoms with E-state index in [1.54, 1.807) is 12.1 Å². The Morgan fingerprint density at radius 1 is 1.06 bits per heavy atom. The van der Waals surface area contributed by atoms with Gasteiger partial charge in [0.25, 0.3) is 0 Å². The Bertz CT molecular complexity index is 391. The van der Waals surface area contributed by atoms with Crippen molar-refractivity contribution in [3.63, 3.8) is 0 Å². The molecule has 2 unspecified atom stereocenters. The number of rotatable bonds is 1. The van der Waals surface area contributed by atoms with Crippen LogP contribution in [0.25, 0.3) is 0 Å². The molecule has 1 aliphatic heterocycles. The van der Waals surface area contributed by atoms with E-state index in [-0.39, 0.29) is 9.65 Å². The van der Waals surface area contributed by atoms with E-state index < -0.39 is 6.29 Å². The number of halogens is 4. The highest BCUT2D eigenvalue weighted by molar-refractivity contribution is 9.12. The van der Waals surface area contributed by atoms with Crippen molar-refractivity contribution >= 4 is 55.1 Å². The van der Waals surface area contributed by atoms with Crippen molar-refractivity contribution in [1.29, 1.82) is 0 Å². The highest BCUT2D eigenvalue weighted by Gasteiger charge is 2.26. The van der Waals surface area contributed by atoms with Crippen molar-refractivity contribution in [2.75, 3.05) is 13.2 Å². The first-order valence-corrected chi connectivity index (χ1v) is 7.63. The quantitative estimate of drug-likeness (QED) is 0.638. The average Bonchev–Trinajstić information content (AvgIpc) is 2.44. The molecular weight excluding hydrogens is 395 g/mol. The molecule has 1 aromatic rings. The molecule has 0 aliphatic carbocycles. The van der Waals surface area contributed by atoms with Gasteiger partial charge in [0.15, 0.2) is 6.29 Å². The van der Waals surface area contributed by atoms with E-state index in [1.807, 2.05) is 6.07 Å². The van der Waals surface area contributed by atoms with Crippen LogP contribution in [0.2, 0.25) is 10.0 Å². The summed E-state index contributed by atoms with van der Waals surface area (Å²) in [6, 6.07) is 5.29. The number of alkyl halides is 2. The van der Waals surface area contributed by atoms with Crippen LogP contribution < -0.4 is 0 Å². The van der Waals surface area contributed by atoms with Crippen molar-refractivity contribution in [3.8, 4) is 0 Å². The zero-order chi connectivity index (χ0) is 12.4. The fourth-order valence-electron chi connectivity index (χ4n) is 1.49. The summed E-state index contributed by atoms with van der Waals surface area (Å²) < 4.78 is 11.3. The molecule has 6 heteroatoms. The average molecular weight is 405 g/mol. The second kappa shape index (κ2) is 6.22. The summed E-state index contributed by atoms with van der Waals surface area (Å²) in [5, 5.41) is 1.16. The molecule has 2 atom stereocenters. The van der Waals surface area contributed by atoms with Crippen molar-refractivity contribution in [1.82, 2.24) is 0 Å². The van der Waals surface area contributed by atoms with Crippen molar-refractivity contribution in [3.05, 3.63) is 33.8 Å². The topological polar surface area (TPSA) is 18.5 Å². The summed E-state index contributed by atoms with van der Waals surface area (Å²) >= 11 is 19.0. The summed E-state index contributed by atoms with van der Waals surface area (Å²) in [6.45, 7) is 1.11. The van der Waals surface area contributed by atoms with E-state index >= 15 is 0 Å². The molecule has 1 aliphatic rings. The van der Waals surface area contributed by atoms with Gasteiger partial charge in [0.2, 0.25) is 0 Å². The normalized spacial score (nSPS) is 30.0. The lowest BCUT2D eigenvalue weighted by Gasteiger charge is -2.17. The highest BCUT2D eigenvalue weighted by atomic mass is 79.9. The van der Waals surface area contributed by atoms with Gasteiger partial charge in [0.1, 0.15) is 0 Å². The van der Waals surface area contributed by atoms with Gasteiger partial charge >= 0.3 is 0 Å². The van der Waals surface area contributed by atoms with Gasteiger partial charge in [-0.25, -0.2) is 0 Å². The summed E-state index contributed by atoms with van der Waals surface area (Å²) in [5.41, 5.74) is 0.803. The summed E-state index contributed by atoms with van der Waals surface area (Å²) in [7, 11) is 0. The second-order valence-corrected chi connectivity index (χ2v) is 6.89. The van der Waals surface area contributed by atoms with Gasteiger partial charge < -0.3 is 9.47 Å². The van der Waals surface area contributed by atoms with E-state index in [0.29, 0.717) is 23.3 Å². The minimum atomic E-state index is -0.442. The van der Waals surface area contributed by atoms with E-state index in [1.165, 1.54) is 0 Å². The van der Waals surface area contributed by atoms with Crippen LogP contribution in [-0.2, 0) is 9.47 Å². The van der Waals surface area contributed by atoms with Gasteiger partial charge in [-0.3, -0.25) is 0 Å². The molecule has 17 heavy (non-hydrogen) atoms. The Kier molecular flexibility index (Phi) is 5.16. The van der Waals surface area contributed by atoms with Crippen LogP contribution in [0.15, 0.2) is 18.2 Å². The maximum Gasteiger partial charge on any atom is 0.185 e. The fraction of sp³-hybridized carbons (Fsp3) is 0.455. The Labute approximate surface area is 127 Å². The summed E-state index contributed by atoms with van der Waals surface area (Å²) in [4.78, 5) is 0.442. The van der Waals surface area contributed by atoms with Gasteiger partial charge in [-0.2, -0.15) is 0 Å². The predicted molar refractivity (Wildman–Crippen MR) is 76.5 cm³/mol. The zero-order valence-corrected chi connectivity index (χ0v) is 13.4. The lowest BCUT2D eigenvalue weighted by atomic mass is 10.2. The van der Waals surface area contributed by atoms with Crippen LogP contribution in [0.1, 0.15) is 11.9 Å². The maximum absolute atomic E-state index is 6.12. The Balaban J connectivity index is 2.17. The van der Waals surface area contributed by atoms with Crippen molar-refractivity contribution in [2.45, 2.75) is 15.9 Å². The maximum atomic E-state index is 6.12. The third-order valence-electron chi connectivity index (χ3n) is 2.42. The lowest BCUT2D eigenvalue weighted by molar-refractivity contribution is -0.129. The van der Waals surface area contributed by atoms with Gasteiger partial charge in [0.05, 0.1) is 27.9 Å². The summed E-state index contributed by atoms with van der Waals surface area (Å²) in [5.74, 6) is 0. The number of hydrogen-bond donors (Lipinski definition) is 0. The van der Waals surface area contributed by atoms with Gasteiger partial charge in [-0.05, 0) is 12.1 Å². The highest BCUT2D eigenvalue weighted by Crippen LogP contribution is 2.32. The van der Waals surface area contributed by atoms with Crippen molar-refractivity contribution in [2.24, 2.45) is 0 Å². The number of benzene rings is 1. The third-order valence-corrected chi connectivity index (χ3v) is 5.50. The molecule has 1 heterocycles. The third kappa shape index (κ3) is 3.58. The van der Waals surface area contributed by atoms with Crippen molar-refractivity contribution < 1.29 is 9.47 Å². The first kappa shape index (κ1) is 14.1. The largest absolute Gasteiger partial charge is 0.347 e. The predicted octanol–water partition coefficient (Wildman–Crippen LogP) is 4.57. The molecule has 0 N–H and O–H groups in total. The molecule has 0 radical (unpaired) electrons. The van der Waals surface area contributed by atoms with Crippen LogP contribution in [-0.4, -0.2) is 22.9 Å². The van der Waals surface area contributed by atoms with E-state index in [0.717, 1.165) is 5.56 Å². The first-order valence-electron chi connectivity index (χ1n) is 5.04. The lowest BCUT2D eigenvalue weighted by Crippen LogP contribution is -2.19. The Morgan fingerprint density at radius 3 is 2.18 bits per heavy atom. The van der Waals surface area contributed by atoms with E-state index in [9.17, 15) is 0 Å². The Morgan fingerprint density at radius 2 is 1.65 bits per heavy atom. The van der Waals surface area contributed by atoms with Crippen LogP contribution in [0.4, 0.5) is 0 Å². The number of ether oxygens (including phenoxy) is 2. The molecule has 94 valence electrons. The van der Waals surface area contributed by atoms with Gasteiger partial charge in [-0.1, -0.05) is 61.1 Å². The molecule has 0 aromatic heterocycles. The van der Waals surface area contributed by atoms with Crippen LogP contribution in [0.3, 0.4) is 0 Å². The molecule has 0 amide bonds. The zero-order valence-electron chi connectivity index (χ0n) is 8.71. The van der Waals surface area contributed by atoms with Crippen LogP contribution in [0.5, 0.6) is 0 Å². The van der Waals surface area contributed by atoms with Gasteiger partial charge in [-0.15, -0.1) is 0 Å². The molecule has 2 nitrogen and oxygen atoms in total. The molecular formula is C11H10Br2Cl2O2. The minimum absolute atomic E-state index is 0.221. The van der Waals surface area contributed by atoms with Crippen LogP contribution >= 0.6 is 55.1 Å². The smallest absolute Gasteiger partial charge is 0.185 e.